The van der Waals surface area contributed by atoms with E-state index in [2.05, 4.69) is 31.2 Å². The SMILES string of the molecule is Cc1cc(C)c(NC(=O)c2sccc2S(=O)(=O)Nc2ccnc3sncc23)c(C)c1CN(C)C. The molecule has 2 N–H and O–H groups in total. The number of carbonyl (C=O) groups excluding carboxylic acids is 1. The normalized spacial score (nSPS) is 11.8. The van der Waals surface area contributed by atoms with Crippen LogP contribution in [0.15, 0.2) is 40.9 Å². The molecule has 3 heterocycles. The summed E-state index contributed by atoms with van der Waals surface area (Å²) in [7, 11) is -0.0253. The molecule has 34 heavy (non-hydrogen) atoms. The zero-order valence-corrected chi connectivity index (χ0v) is 21.9. The third-order valence-electron chi connectivity index (χ3n) is 5.49. The highest BCUT2D eigenvalue weighted by Gasteiger charge is 2.26. The van der Waals surface area contributed by atoms with Crippen LogP contribution in [-0.4, -0.2) is 42.7 Å². The van der Waals surface area contributed by atoms with Crippen molar-refractivity contribution in [2.24, 2.45) is 0 Å². The number of hydrogen-bond donors (Lipinski definition) is 2. The molecule has 1 amide bonds. The number of aromatic nitrogens is 2. The molecule has 0 spiro atoms. The fraction of sp³-hybridized carbons (Fsp3) is 0.261. The molecule has 0 atom stereocenters. The number of benzene rings is 1. The molecule has 0 aliphatic heterocycles. The van der Waals surface area contributed by atoms with Crippen LogP contribution < -0.4 is 10.0 Å². The topological polar surface area (TPSA) is 104 Å². The number of carbonyl (C=O) groups is 1. The summed E-state index contributed by atoms with van der Waals surface area (Å²) >= 11 is 2.27. The molecule has 0 aliphatic rings. The van der Waals surface area contributed by atoms with E-state index in [4.69, 9.17) is 0 Å². The quantitative estimate of drug-likeness (QED) is 0.367. The summed E-state index contributed by atoms with van der Waals surface area (Å²) < 4.78 is 33.1. The van der Waals surface area contributed by atoms with Crippen LogP contribution >= 0.6 is 22.9 Å². The second-order valence-electron chi connectivity index (χ2n) is 8.30. The van der Waals surface area contributed by atoms with Crippen LogP contribution in [0, 0.1) is 20.8 Å². The minimum Gasteiger partial charge on any atom is -0.321 e. The maximum atomic E-state index is 13.3. The van der Waals surface area contributed by atoms with Crippen LogP contribution in [0.5, 0.6) is 0 Å². The van der Waals surface area contributed by atoms with E-state index in [9.17, 15) is 13.2 Å². The van der Waals surface area contributed by atoms with Crippen molar-refractivity contribution in [2.45, 2.75) is 32.2 Å². The second kappa shape index (κ2) is 9.41. The molecule has 3 aromatic heterocycles. The van der Waals surface area contributed by atoms with E-state index >= 15 is 0 Å². The van der Waals surface area contributed by atoms with Crippen LogP contribution in [0.1, 0.15) is 31.9 Å². The Bertz CT molecular complexity index is 1490. The number of aryl methyl sites for hydroxylation is 2. The van der Waals surface area contributed by atoms with Gasteiger partial charge in [0, 0.05) is 18.4 Å². The number of nitrogens with one attached hydrogen (secondary N) is 2. The van der Waals surface area contributed by atoms with Gasteiger partial charge < -0.3 is 10.2 Å². The zero-order valence-electron chi connectivity index (χ0n) is 19.5. The van der Waals surface area contributed by atoms with Crippen molar-refractivity contribution in [3.8, 4) is 0 Å². The predicted octanol–water partition coefficient (Wildman–Crippen LogP) is 4.79. The third-order valence-corrected chi connectivity index (χ3v) is 8.65. The number of sulfonamides is 1. The molecule has 8 nitrogen and oxygen atoms in total. The molecule has 0 saturated carbocycles. The van der Waals surface area contributed by atoms with Crippen molar-refractivity contribution in [3.05, 3.63) is 63.1 Å². The molecule has 0 bridgehead atoms. The van der Waals surface area contributed by atoms with E-state index in [0.29, 0.717) is 21.6 Å². The highest BCUT2D eigenvalue weighted by atomic mass is 32.2. The lowest BCUT2D eigenvalue weighted by Gasteiger charge is -2.20. The van der Waals surface area contributed by atoms with Crippen molar-refractivity contribution < 1.29 is 13.2 Å². The van der Waals surface area contributed by atoms with Gasteiger partial charge in [0.25, 0.3) is 15.9 Å². The highest BCUT2D eigenvalue weighted by molar-refractivity contribution is 7.93. The molecular formula is C23H25N5O3S3. The lowest BCUT2D eigenvalue weighted by atomic mass is 9.96. The lowest BCUT2D eigenvalue weighted by molar-refractivity contribution is 0.102. The molecule has 11 heteroatoms. The maximum Gasteiger partial charge on any atom is 0.267 e. The van der Waals surface area contributed by atoms with Gasteiger partial charge in [-0.05, 0) is 86.2 Å². The number of amides is 1. The second-order valence-corrected chi connectivity index (χ2v) is 11.7. The minimum atomic E-state index is -4.02. The number of hydrogen-bond acceptors (Lipinski definition) is 8. The average molecular weight is 516 g/mol. The fourth-order valence-electron chi connectivity index (χ4n) is 3.89. The fourth-order valence-corrected chi connectivity index (χ4v) is 6.92. The Hall–Kier alpha value is -2.86. The van der Waals surface area contributed by atoms with Gasteiger partial charge in [0.2, 0.25) is 0 Å². The van der Waals surface area contributed by atoms with Gasteiger partial charge in [-0.3, -0.25) is 9.52 Å². The van der Waals surface area contributed by atoms with Gasteiger partial charge in [-0.1, -0.05) is 6.07 Å². The van der Waals surface area contributed by atoms with Crippen LogP contribution in [0.3, 0.4) is 0 Å². The first-order valence-corrected chi connectivity index (χ1v) is 13.6. The smallest absolute Gasteiger partial charge is 0.267 e. The summed E-state index contributed by atoms with van der Waals surface area (Å²) in [5.41, 5.74) is 5.26. The van der Waals surface area contributed by atoms with Crippen molar-refractivity contribution >= 4 is 60.4 Å². The minimum absolute atomic E-state index is 0.0703. The van der Waals surface area contributed by atoms with Crippen LogP contribution in [0.4, 0.5) is 11.4 Å². The van der Waals surface area contributed by atoms with Crippen LogP contribution in [0.25, 0.3) is 10.2 Å². The largest absolute Gasteiger partial charge is 0.321 e. The third kappa shape index (κ3) is 4.69. The first kappa shape index (κ1) is 24.3. The highest BCUT2D eigenvalue weighted by Crippen LogP contribution is 2.31. The molecule has 0 aliphatic carbocycles. The van der Waals surface area contributed by atoms with Crippen molar-refractivity contribution in [3.63, 3.8) is 0 Å². The molecule has 1 aromatic carbocycles. The summed E-state index contributed by atoms with van der Waals surface area (Å²) in [6.45, 7) is 6.71. The maximum absolute atomic E-state index is 13.3. The Morgan fingerprint density at radius 1 is 1.15 bits per heavy atom. The molecule has 0 saturated heterocycles. The van der Waals surface area contributed by atoms with Gasteiger partial charge in [-0.25, -0.2) is 13.4 Å². The summed E-state index contributed by atoms with van der Waals surface area (Å²) in [6.07, 6.45) is 3.09. The molecule has 0 fully saturated rings. The van der Waals surface area contributed by atoms with Crippen LogP contribution in [-0.2, 0) is 16.6 Å². The number of anilines is 2. The molecule has 4 aromatic rings. The van der Waals surface area contributed by atoms with Crippen molar-refractivity contribution in [1.29, 1.82) is 0 Å². The monoisotopic (exact) mass is 515 g/mol. The first-order valence-electron chi connectivity index (χ1n) is 10.4. The summed E-state index contributed by atoms with van der Waals surface area (Å²) in [6, 6.07) is 5.06. The van der Waals surface area contributed by atoms with E-state index < -0.39 is 15.9 Å². The Labute approximate surface area is 206 Å². The number of fused-ring (bicyclic) bond motifs is 1. The van der Waals surface area contributed by atoms with Gasteiger partial charge in [-0.2, -0.15) is 4.37 Å². The van der Waals surface area contributed by atoms with Gasteiger partial charge in [-0.15, -0.1) is 11.3 Å². The Kier molecular flexibility index (Phi) is 6.72. The van der Waals surface area contributed by atoms with Gasteiger partial charge >= 0.3 is 0 Å². The standard InChI is InChI=1S/C23H25N5O3S3/c1-13-10-14(2)20(15(3)17(13)12-28(4)5)26-22(29)21-19(7-9-32-21)34(30,31)27-18-6-8-24-23-16(18)11-25-33-23/h6-11H,12H2,1-5H3,(H,24,27)(H,26,29). The Morgan fingerprint density at radius 2 is 1.91 bits per heavy atom. The lowest BCUT2D eigenvalue weighted by Crippen LogP contribution is -2.20. The first-order chi connectivity index (χ1) is 16.1. The number of rotatable bonds is 7. The Balaban J connectivity index is 1.65. The molecular weight excluding hydrogens is 490 g/mol. The van der Waals surface area contributed by atoms with Gasteiger partial charge in [0.15, 0.2) is 0 Å². The Morgan fingerprint density at radius 3 is 2.65 bits per heavy atom. The van der Waals surface area contributed by atoms with E-state index in [1.807, 2.05) is 34.0 Å². The summed E-state index contributed by atoms with van der Waals surface area (Å²) in [4.78, 5) is 20.2. The van der Waals surface area contributed by atoms with Crippen molar-refractivity contribution in [2.75, 3.05) is 24.1 Å². The van der Waals surface area contributed by atoms with E-state index in [0.717, 1.165) is 40.1 Å². The number of nitrogens with zero attached hydrogens (tertiary/aromatic N) is 3. The summed E-state index contributed by atoms with van der Waals surface area (Å²) in [5, 5.41) is 5.18. The van der Waals surface area contributed by atoms with E-state index in [-0.39, 0.29) is 9.77 Å². The number of thiophene rings is 1. The van der Waals surface area contributed by atoms with E-state index in [1.54, 1.807) is 17.6 Å². The van der Waals surface area contributed by atoms with Crippen molar-refractivity contribution in [1.82, 2.24) is 14.3 Å². The summed E-state index contributed by atoms with van der Waals surface area (Å²) in [5.74, 6) is -0.460. The molecule has 178 valence electrons. The van der Waals surface area contributed by atoms with Gasteiger partial charge in [0.05, 0.1) is 17.3 Å². The van der Waals surface area contributed by atoms with Gasteiger partial charge in [0.1, 0.15) is 14.6 Å². The molecule has 0 radical (unpaired) electrons. The zero-order chi connectivity index (χ0) is 24.6. The predicted molar refractivity (Wildman–Crippen MR) is 139 cm³/mol. The molecule has 4 rings (SSSR count). The van der Waals surface area contributed by atoms with E-state index in [1.165, 1.54) is 23.8 Å². The average Bonchev–Trinajstić information content (AvgIpc) is 3.44. The van der Waals surface area contributed by atoms with Crippen LogP contribution in [0.2, 0.25) is 0 Å². The number of pyridine rings is 1. The molecule has 0 unspecified atom stereocenters.